The minimum Gasteiger partial charge on any atom is -0.508 e. The number of benzene rings is 1. The molecule has 1 saturated carbocycles. The van der Waals surface area contributed by atoms with Gasteiger partial charge in [0.15, 0.2) is 0 Å². The quantitative estimate of drug-likeness (QED) is 0.864. The van der Waals surface area contributed by atoms with Gasteiger partial charge in [-0.2, -0.15) is 0 Å². The van der Waals surface area contributed by atoms with Crippen molar-refractivity contribution < 1.29 is 5.11 Å². The van der Waals surface area contributed by atoms with Gasteiger partial charge >= 0.3 is 0 Å². The van der Waals surface area contributed by atoms with Crippen molar-refractivity contribution in [3.63, 3.8) is 0 Å². The van der Waals surface area contributed by atoms with Crippen LogP contribution in [0.2, 0.25) is 0 Å². The largest absolute Gasteiger partial charge is 0.508 e. The Bertz CT molecular complexity index is 802. The third-order valence-corrected chi connectivity index (χ3v) is 4.02. The molecule has 1 aromatic heterocycles. The molecule has 0 amide bonds. The van der Waals surface area contributed by atoms with Crippen molar-refractivity contribution >= 4 is 0 Å². The Morgan fingerprint density at radius 2 is 1.91 bits per heavy atom. The molecule has 1 heterocycles. The highest BCUT2D eigenvalue weighted by molar-refractivity contribution is 5.38. The first-order valence-electron chi connectivity index (χ1n) is 7.58. The van der Waals surface area contributed by atoms with Gasteiger partial charge in [0.2, 0.25) is 0 Å². The van der Waals surface area contributed by atoms with Crippen molar-refractivity contribution in [3.8, 4) is 17.6 Å². The van der Waals surface area contributed by atoms with Gasteiger partial charge in [-0.15, -0.1) is 0 Å². The lowest BCUT2D eigenvalue weighted by atomic mass is 10.1. The Balaban J connectivity index is 1.88. The van der Waals surface area contributed by atoms with Crippen LogP contribution in [0, 0.1) is 24.7 Å². The Morgan fingerprint density at radius 1 is 1.23 bits per heavy atom. The number of pyridine rings is 1. The fraction of sp³-hybridized carbons (Fsp3) is 0.316. The van der Waals surface area contributed by atoms with E-state index in [-0.39, 0.29) is 17.4 Å². The molecule has 0 radical (unpaired) electrons. The molecule has 3 nitrogen and oxygen atoms in total. The summed E-state index contributed by atoms with van der Waals surface area (Å²) >= 11 is 0. The van der Waals surface area contributed by atoms with Crippen LogP contribution in [-0.4, -0.2) is 9.67 Å². The molecule has 112 valence electrons. The van der Waals surface area contributed by atoms with Gasteiger partial charge in [-0.1, -0.05) is 24.0 Å². The molecule has 1 N–H and O–H groups in total. The first kappa shape index (κ1) is 14.5. The molecule has 0 unspecified atom stereocenters. The molecule has 1 atom stereocenters. The van der Waals surface area contributed by atoms with Gasteiger partial charge in [-0.25, -0.2) is 0 Å². The van der Waals surface area contributed by atoms with Crippen molar-refractivity contribution in [2.75, 3.05) is 0 Å². The zero-order chi connectivity index (χ0) is 15.7. The number of aromatic nitrogens is 1. The highest BCUT2D eigenvalue weighted by Crippen LogP contribution is 2.27. The van der Waals surface area contributed by atoms with E-state index in [0.29, 0.717) is 5.92 Å². The van der Waals surface area contributed by atoms with E-state index < -0.39 is 0 Å². The van der Waals surface area contributed by atoms with Crippen LogP contribution in [0.1, 0.15) is 42.6 Å². The Morgan fingerprint density at radius 3 is 2.50 bits per heavy atom. The summed E-state index contributed by atoms with van der Waals surface area (Å²) in [5, 5.41) is 9.49. The monoisotopic (exact) mass is 293 g/mol. The van der Waals surface area contributed by atoms with E-state index in [2.05, 4.69) is 11.8 Å². The van der Waals surface area contributed by atoms with Crippen LogP contribution in [0.5, 0.6) is 5.75 Å². The summed E-state index contributed by atoms with van der Waals surface area (Å²) in [4.78, 5) is 12.1. The molecule has 0 saturated heterocycles. The molecule has 1 aliphatic carbocycles. The molecule has 0 aliphatic heterocycles. The van der Waals surface area contributed by atoms with Crippen LogP contribution < -0.4 is 5.56 Å². The van der Waals surface area contributed by atoms with E-state index in [9.17, 15) is 9.90 Å². The van der Waals surface area contributed by atoms with Gasteiger partial charge in [-0.3, -0.25) is 4.79 Å². The number of hydrogen-bond donors (Lipinski definition) is 1. The summed E-state index contributed by atoms with van der Waals surface area (Å²) in [6.07, 6.45) is 2.45. The Labute approximate surface area is 130 Å². The summed E-state index contributed by atoms with van der Waals surface area (Å²) < 4.78 is 1.69. The van der Waals surface area contributed by atoms with Crippen molar-refractivity contribution in [1.82, 2.24) is 4.57 Å². The standard InChI is InChI=1S/C19H19NO2/c1-13-11-18(21)12-19(22)20(13)14(2)17-9-7-16(8-10-17)6-5-15-3-4-15/h7-12,14-15,21H,3-4H2,1-2H3/t14-/m1/s1. The summed E-state index contributed by atoms with van der Waals surface area (Å²) in [5.74, 6) is 7.04. The molecule has 3 heteroatoms. The van der Waals surface area contributed by atoms with Gasteiger partial charge in [0, 0.05) is 23.2 Å². The topological polar surface area (TPSA) is 42.2 Å². The van der Waals surface area contributed by atoms with Crippen molar-refractivity contribution in [2.45, 2.75) is 32.7 Å². The van der Waals surface area contributed by atoms with E-state index in [1.165, 1.54) is 18.9 Å². The molecule has 0 bridgehead atoms. The molecule has 22 heavy (non-hydrogen) atoms. The van der Waals surface area contributed by atoms with Crippen LogP contribution in [0.25, 0.3) is 0 Å². The summed E-state index contributed by atoms with van der Waals surface area (Å²) in [6, 6.07) is 10.8. The second kappa shape index (κ2) is 5.73. The van der Waals surface area contributed by atoms with Crippen LogP contribution in [0.4, 0.5) is 0 Å². The van der Waals surface area contributed by atoms with Gasteiger partial charge < -0.3 is 9.67 Å². The maximum Gasteiger partial charge on any atom is 0.254 e. The lowest BCUT2D eigenvalue weighted by molar-refractivity contribution is 0.467. The summed E-state index contributed by atoms with van der Waals surface area (Å²) in [5.41, 5.74) is 2.61. The second-order valence-electron chi connectivity index (χ2n) is 5.90. The SMILES string of the molecule is Cc1cc(O)cc(=O)n1[C@H](C)c1ccc(C#CC2CC2)cc1. The normalized spacial score (nSPS) is 15.0. The maximum absolute atomic E-state index is 12.1. The zero-order valence-electron chi connectivity index (χ0n) is 12.8. The summed E-state index contributed by atoms with van der Waals surface area (Å²) in [7, 11) is 0. The van der Waals surface area contributed by atoms with E-state index >= 15 is 0 Å². The Kier molecular flexibility index (Phi) is 3.77. The van der Waals surface area contributed by atoms with Gasteiger partial charge in [-0.05, 0) is 50.5 Å². The molecule has 3 rings (SSSR count). The molecule has 1 aromatic carbocycles. The second-order valence-corrected chi connectivity index (χ2v) is 5.90. The first-order chi connectivity index (χ1) is 10.5. The highest BCUT2D eigenvalue weighted by Gasteiger charge is 2.17. The van der Waals surface area contributed by atoms with E-state index in [1.54, 1.807) is 10.6 Å². The van der Waals surface area contributed by atoms with Crippen molar-refractivity contribution in [1.29, 1.82) is 0 Å². The smallest absolute Gasteiger partial charge is 0.254 e. The van der Waals surface area contributed by atoms with Crippen LogP contribution in [0.3, 0.4) is 0 Å². The van der Waals surface area contributed by atoms with Crippen LogP contribution >= 0.6 is 0 Å². The molecule has 2 aromatic rings. The Hall–Kier alpha value is -2.47. The molecular weight excluding hydrogens is 274 g/mol. The van der Waals surface area contributed by atoms with Crippen molar-refractivity contribution in [3.05, 3.63) is 63.6 Å². The van der Waals surface area contributed by atoms with E-state index in [0.717, 1.165) is 16.8 Å². The average molecular weight is 293 g/mol. The lowest BCUT2D eigenvalue weighted by Gasteiger charge is -2.18. The van der Waals surface area contributed by atoms with Gasteiger partial charge in [0.1, 0.15) is 5.75 Å². The van der Waals surface area contributed by atoms with Crippen molar-refractivity contribution in [2.24, 2.45) is 5.92 Å². The third-order valence-electron chi connectivity index (χ3n) is 4.02. The van der Waals surface area contributed by atoms with Crippen LogP contribution in [0.15, 0.2) is 41.2 Å². The molecule has 0 spiro atoms. The average Bonchev–Trinajstić information content (AvgIpc) is 3.28. The lowest BCUT2D eigenvalue weighted by Crippen LogP contribution is -2.25. The molecule has 1 aliphatic rings. The van der Waals surface area contributed by atoms with Crippen LogP contribution in [-0.2, 0) is 0 Å². The van der Waals surface area contributed by atoms with E-state index in [4.69, 9.17) is 0 Å². The third kappa shape index (κ3) is 3.07. The molecule has 1 fully saturated rings. The van der Waals surface area contributed by atoms with E-state index in [1.807, 2.05) is 38.1 Å². The minimum absolute atomic E-state index is 0.0108. The fourth-order valence-electron chi connectivity index (χ4n) is 2.60. The predicted octanol–water partition coefficient (Wildman–Crippen LogP) is 3.23. The number of aromatic hydroxyl groups is 1. The fourth-order valence-corrected chi connectivity index (χ4v) is 2.60. The van der Waals surface area contributed by atoms with Gasteiger partial charge in [0.25, 0.3) is 5.56 Å². The number of rotatable bonds is 2. The number of nitrogens with zero attached hydrogens (tertiary/aromatic N) is 1. The first-order valence-corrected chi connectivity index (χ1v) is 7.58. The maximum atomic E-state index is 12.1. The molecular formula is C19H19NO2. The zero-order valence-corrected chi connectivity index (χ0v) is 12.8. The van der Waals surface area contributed by atoms with Gasteiger partial charge in [0.05, 0.1) is 6.04 Å². The predicted molar refractivity (Wildman–Crippen MR) is 87.0 cm³/mol. The minimum atomic E-state index is -0.192. The summed E-state index contributed by atoms with van der Waals surface area (Å²) in [6.45, 7) is 3.81. The number of aryl methyl sites for hydroxylation is 1. The highest BCUT2D eigenvalue weighted by atomic mass is 16.3. The number of hydrogen-bond acceptors (Lipinski definition) is 2.